The van der Waals surface area contributed by atoms with E-state index in [0.29, 0.717) is 6.07 Å². The average molecular weight is 376 g/mol. The van der Waals surface area contributed by atoms with Gasteiger partial charge in [-0.15, -0.1) is 0 Å². The quantitative estimate of drug-likeness (QED) is 0.656. The van der Waals surface area contributed by atoms with Crippen LogP contribution in [0.4, 0.5) is 23.2 Å². The molecule has 0 bridgehead atoms. The van der Waals surface area contributed by atoms with Gasteiger partial charge in [-0.2, -0.15) is 8.78 Å². The van der Waals surface area contributed by atoms with Crippen LogP contribution in [0.25, 0.3) is 0 Å². The molecule has 2 aromatic carbocycles. The second kappa shape index (κ2) is 6.19. The molecular weight excluding hydrogens is 364 g/mol. The maximum absolute atomic E-state index is 13.3. The molecule has 2 aromatic rings. The molecule has 3 rings (SSSR count). The Morgan fingerprint density at radius 3 is 2.36 bits per heavy atom. The minimum atomic E-state index is -4.87. The van der Waals surface area contributed by atoms with Gasteiger partial charge in [-0.1, -0.05) is 0 Å². The van der Waals surface area contributed by atoms with Crippen molar-refractivity contribution in [1.82, 2.24) is 0 Å². The molecule has 0 spiro atoms. The fourth-order valence-electron chi connectivity index (χ4n) is 2.63. The summed E-state index contributed by atoms with van der Waals surface area (Å²) >= 11 is 0. The van der Waals surface area contributed by atoms with Gasteiger partial charge in [0.05, 0.1) is 10.6 Å². The van der Waals surface area contributed by atoms with E-state index in [0.717, 1.165) is 29.3 Å². The Labute approximate surface area is 140 Å². The van der Waals surface area contributed by atoms with Gasteiger partial charge in [0.1, 0.15) is 23.1 Å². The second-order valence-corrected chi connectivity index (χ2v) is 7.23. The number of anilines is 1. The number of nitrogens with zero attached hydrogens (tertiary/aromatic N) is 1. The predicted octanol–water partition coefficient (Wildman–Crippen LogP) is 2.99. The van der Waals surface area contributed by atoms with Crippen molar-refractivity contribution in [3.63, 3.8) is 0 Å². The summed E-state index contributed by atoms with van der Waals surface area (Å²) in [7, 11) is -4.87. The molecule has 5 nitrogen and oxygen atoms in total. The second-order valence-electron chi connectivity index (χ2n) is 5.35. The molecule has 1 aliphatic rings. The summed E-state index contributed by atoms with van der Waals surface area (Å²) in [5, 5.41) is 1.03. The molecule has 1 aliphatic heterocycles. The Kier molecular flexibility index (Phi) is 4.33. The standard InChI is InChI=1S/C15H12F4N2O3S/c16-8-5-9(17)7-10(6-8)24-12-1-2-13(25(22,23)15(18)19)14-11(12)3-4-21(14)20/h1-2,5-7,15H,3-4,20H2. The van der Waals surface area contributed by atoms with Crippen LogP contribution in [-0.2, 0) is 16.3 Å². The van der Waals surface area contributed by atoms with Crippen LogP contribution in [-0.4, -0.2) is 20.7 Å². The lowest BCUT2D eigenvalue weighted by molar-refractivity contribution is 0.235. The van der Waals surface area contributed by atoms with Crippen molar-refractivity contribution in [2.45, 2.75) is 17.1 Å². The number of sulfone groups is 1. The van der Waals surface area contributed by atoms with Gasteiger partial charge in [0, 0.05) is 30.3 Å². The van der Waals surface area contributed by atoms with Crippen LogP contribution < -0.4 is 15.6 Å². The molecule has 0 unspecified atom stereocenters. The molecule has 134 valence electrons. The van der Waals surface area contributed by atoms with Gasteiger partial charge in [-0.3, -0.25) is 0 Å². The maximum Gasteiger partial charge on any atom is 0.341 e. The lowest BCUT2D eigenvalue weighted by atomic mass is 10.1. The van der Waals surface area contributed by atoms with Crippen LogP contribution in [0.2, 0.25) is 0 Å². The Bertz CT molecular complexity index is 914. The molecule has 0 aliphatic carbocycles. The Morgan fingerprint density at radius 2 is 1.76 bits per heavy atom. The zero-order valence-corrected chi connectivity index (χ0v) is 13.4. The fourth-order valence-corrected chi connectivity index (χ4v) is 3.59. The Balaban J connectivity index is 2.09. The highest BCUT2D eigenvalue weighted by molar-refractivity contribution is 7.91. The number of alkyl halides is 2. The first kappa shape index (κ1) is 17.5. The van der Waals surface area contributed by atoms with Crippen LogP contribution in [0, 0.1) is 11.6 Å². The number of halogens is 4. The molecule has 0 radical (unpaired) electrons. The summed E-state index contributed by atoms with van der Waals surface area (Å²) in [4.78, 5) is -0.615. The van der Waals surface area contributed by atoms with Gasteiger partial charge in [-0.05, 0) is 18.6 Å². The zero-order chi connectivity index (χ0) is 18.4. The van der Waals surface area contributed by atoms with Crippen molar-refractivity contribution >= 4 is 15.5 Å². The summed E-state index contributed by atoms with van der Waals surface area (Å²) < 4.78 is 81.3. The molecule has 0 fully saturated rings. The zero-order valence-electron chi connectivity index (χ0n) is 12.5. The fraction of sp³-hybridized carbons (Fsp3) is 0.200. The first-order chi connectivity index (χ1) is 11.7. The molecule has 0 saturated carbocycles. The Hall–Kier alpha value is -2.33. The number of benzene rings is 2. The van der Waals surface area contributed by atoms with E-state index < -0.39 is 32.1 Å². The summed E-state index contributed by atoms with van der Waals surface area (Å²) in [6.45, 7) is 0.180. The van der Waals surface area contributed by atoms with Crippen molar-refractivity contribution in [2.24, 2.45) is 5.84 Å². The lowest BCUT2D eigenvalue weighted by Gasteiger charge is -2.18. The molecular formula is C15H12F4N2O3S. The first-order valence-electron chi connectivity index (χ1n) is 7.04. The monoisotopic (exact) mass is 376 g/mol. The van der Waals surface area contributed by atoms with Crippen LogP contribution in [0.1, 0.15) is 5.56 Å². The van der Waals surface area contributed by atoms with E-state index in [2.05, 4.69) is 0 Å². The van der Waals surface area contributed by atoms with E-state index in [-0.39, 0.29) is 35.7 Å². The van der Waals surface area contributed by atoms with Crippen LogP contribution in [0.3, 0.4) is 0 Å². The van der Waals surface area contributed by atoms with Gasteiger partial charge in [-0.25, -0.2) is 23.0 Å². The number of ether oxygens (including phenoxy) is 1. The maximum atomic E-state index is 13.3. The molecule has 0 saturated heterocycles. The normalized spacial score (nSPS) is 14.1. The third kappa shape index (κ3) is 3.14. The minimum absolute atomic E-state index is 0.0844. The molecule has 2 N–H and O–H groups in total. The number of nitrogens with two attached hydrogens (primary N) is 1. The van der Waals surface area contributed by atoms with Crippen molar-refractivity contribution in [1.29, 1.82) is 0 Å². The van der Waals surface area contributed by atoms with E-state index in [1.165, 1.54) is 0 Å². The smallest absolute Gasteiger partial charge is 0.341 e. The van der Waals surface area contributed by atoms with E-state index in [9.17, 15) is 26.0 Å². The van der Waals surface area contributed by atoms with Crippen molar-refractivity contribution in [3.05, 3.63) is 47.5 Å². The molecule has 0 amide bonds. The summed E-state index contributed by atoms with van der Waals surface area (Å²) in [5.41, 5.74) is 0.170. The lowest BCUT2D eigenvalue weighted by Crippen LogP contribution is -2.30. The first-order valence-corrected chi connectivity index (χ1v) is 8.59. The van der Waals surface area contributed by atoms with E-state index in [4.69, 9.17) is 10.6 Å². The highest BCUT2D eigenvalue weighted by Crippen LogP contribution is 2.41. The molecule has 0 atom stereocenters. The molecule has 1 heterocycles. The summed E-state index contributed by atoms with van der Waals surface area (Å²) in [6.07, 6.45) is 0.228. The largest absolute Gasteiger partial charge is 0.457 e. The minimum Gasteiger partial charge on any atom is -0.457 e. The molecule has 10 heteroatoms. The van der Waals surface area contributed by atoms with Crippen molar-refractivity contribution < 1.29 is 30.7 Å². The van der Waals surface area contributed by atoms with Crippen LogP contribution in [0.5, 0.6) is 11.5 Å². The molecule has 0 aromatic heterocycles. The van der Waals surface area contributed by atoms with E-state index in [1.54, 1.807) is 0 Å². The topological polar surface area (TPSA) is 72.6 Å². The Morgan fingerprint density at radius 1 is 1.12 bits per heavy atom. The van der Waals surface area contributed by atoms with Gasteiger partial charge in [0.15, 0.2) is 0 Å². The number of hydrogen-bond acceptors (Lipinski definition) is 5. The third-order valence-electron chi connectivity index (χ3n) is 3.70. The third-order valence-corrected chi connectivity index (χ3v) is 5.11. The highest BCUT2D eigenvalue weighted by atomic mass is 32.2. The average Bonchev–Trinajstić information content (AvgIpc) is 2.89. The van der Waals surface area contributed by atoms with Gasteiger partial charge >= 0.3 is 5.76 Å². The number of hydrazine groups is 1. The number of rotatable bonds is 4. The van der Waals surface area contributed by atoms with Gasteiger partial charge < -0.3 is 9.75 Å². The highest BCUT2D eigenvalue weighted by Gasteiger charge is 2.35. The number of hydrogen-bond donors (Lipinski definition) is 1. The van der Waals surface area contributed by atoms with Crippen LogP contribution >= 0.6 is 0 Å². The van der Waals surface area contributed by atoms with Gasteiger partial charge in [0.25, 0.3) is 0 Å². The SMILES string of the molecule is NN1CCc2c(Oc3cc(F)cc(F)c3)ccc(S(=O)(=O)C(F)F)c21. The van der Waals surface area contributed by atoms with E-state index in [1.807, 2.05) is 0 Å². The summed E-state index contributed by atoms with van der Waals surface area (Å²) in [5.74, 6) is 0.317. The van der Waals surface area contributed by atoms with E-state index >= 15 is 0 Å². The molecule has 25 heavy (non-hydrogen) atoms. The number of fused-ring (bicyclic) bond motifs is 1. The predicted molar refractivity (Wildman–Crippen MR) is 81.3 cm³/mol. The summed E-state index contributed by atoms with van der Waals surface area (Å²) in [6, 6.07) is 4.65. The van der Waals surface area contributed by atoms with Crippen molar-refractivity contribution in [3.8, 4) is 11.5 Å². The van der Waals surface area contributed by atoms with Crippen LogP contribution in [0.15, 0.2) is 35.2 Å². The van der Waals surface area contributed by atoms with Crippen molar-refractivity contribution in [2.75, 3.05) is 11.6 Å². The van der Waals surface area contributed by atoms with Gasteiger partial charge in [0.2, 0.25) is 9.84 Å².